The van der Waals surface area contributed by atoms with Crippen molar-refractivity contribution in [2.24, 2.45) is 0 Å². The molecule has 0 aliphatic carbocycles. The Labute approximate surface area is 98.4 Å². The Morgan fingerprint density at radius 1 is 1.25 bits per heavy atom. The van der Waals surface area contributed by atoms with Crippen molar-refractivity contribution in [3.63, 3.8) is 0 Å². The molecule has 1 N–H and O–H groups in total. The van der Waals surface area contributed by atoms with Crippen molar-refractivity contribution in [2.45, 2.75) is 52.5 Å². The zero-order valence-corrected chi connectivity index (χ0v) is 10.9. The average molecular weight is 228 g/mol. The lowest BCUT2D eigenvalue weighted by Crippen LogP contribution is -2.40. The molecule has 0 atom stereocenters. The summed E-state index contributed by atoms with van der Waals surface area (Å²) in [5, 5.41) is 2.76. The normalized spacial score (nSPS) is 10.3. The van der Waals surface area contributed by atoms with E-state index in [1.165, 1.54) is 4.90 Å². The molecule has 0 spiro atoms. The van der Waals surface area contributed by atoms with Crippen molar-refractivity contribution < 1.29 is 9.59 Å². The summed E-state index contributed by atoms with van der Waals surface area (Å²) in [6.45, 7) is 6.06. The maximum Gasteiger partial charge on any atom is 0.239 e. The van der Waals surface area contributed by atoms with Gasteiger partial charge in [0.2, 0.25) is 11.8 Å². The Morgan fingerprint density at radius 3 is 2.38 bits per heavy atom. The largest absolute Gasteiger partial charge is 0.352 e. The molecule has 0 aromatic carbocycles. The Bertz CT molecular complexity index is 227. The molecule has 0 radical (unpaired) electrons. The zero-order chi connectivity index (χ0) is 12.6. The molecule has 0 saturated carbocycles. The molecule has 0 saturated heterocycles. The topological polar surface area (TPSA) is 49.4 Å². The molecule has 0 aliphatic heterocycles. The van der Waals surface area contributed by atoms with Gasteiger partial charge < -0.3 is 10.2 Å². The van der Waals surface area contributed by atoms with Gasteiger partial charge in [0, 0.05) is 19.5 Å². The van der Waals surface area contributed by atoms with E-state index in [-0.39, 0.29) is 24.4 Å². The highest BCUT2D eigenvalue weighted by Crippen LogP contribution is 2.01. The van der Waals surface area contributed by atoms with Crippen LogP contribution in [-0.2, 0) is 9.59 Å². The van der Waals surface area contributed by atoms with Crippen molar-refractivity contribution in [3.05, 3.63) is 0 Å². The van der Waals surface area contributed by atoms with Crippen molar-refractivity contribution in [2.75, 3.05) is 13.6 Å². The Morgan fingerprint density at radius 2 is 1.88 bits per heavy atom. The van der Waals surface area contributed by atoms with Crippen molar-refractivity contribution in [3.8, 4) is 0 Å². The van der Waals surface area contributed by atoms with Gasteiger partial charge in [-0.1, -0.05) is 19.8 Å². The number of rotatable bonds is 7. The Kier molecular flexibility index (Phi) is 7.60. The molecule has 0 aliphatic rings. The summed E-state index contributed by atoms with van der Waals surface area (Å²) in [6.07, 6.45) is 3.62. The van der Waals surface area contributed by atoms with E-state index < -0.39 is 0 Å². The first-order chi connectivity index (χ1) is 7.47. The lowest BCUT2D eigenvalue weighted by atomic mass is 10.2. The first-order valence-corrected chi connectivity index (χ1v) is 6.00. The van der Waals surface area contributed by atoms with Gasteiger partial charge in [-0.05, 0) is 20.3 Å². The van der Waals surface area contributed by atoms with Gasteiger partial charge in [0.15, 0.2) is 0 Å². The molecule has 0 bridgehead atoms. The van der Waals surface area contributed by atoms with Gasteiger partial charge in [0.25, 0.3) is 0 Å². The molecular formula is C12H24N2O2. The number of hydrogen-bond donors (Lipinski definition) is 1. The highest BCUT2D eigenvalue weighted by atomic mass is 16.2. The second kappa shape index (κ2) is 8.13. The molecule has 0 fully saturated rings. The van der Waals surface area contributed by atoms with E-state index in [0.717, 1.165) is 19.3 Å². The number of nitrogens with zero attached hydrogens (tertiary/aromatic N) is 1. The van der Waals surface area contributed by atoms with Crippen LogP contribution in [0.2, 0.25) is 0 Å². The van der Waals surface area contributed by atoms with Crippen LogP contribution in [0.25, 0.3) is 0 Å². The molecule has 0 unspecified atom stereocenters. The molecule has 0 rings (SSSR count). The van der Waals surface area contributed by atoms with Crippen molar-refractivity contribution >= 4 is 11.8 Å². The molecule has 0 aromatic rings. The third kappa shape index (κ3) is 7.26. The van der Waals surface area contributed by atoms with Crippen LogP contribution >= 0.6 is 0 Å². The summed E-state index contributed by atoms with van der Waals surface area (Å²) in [4.78, 5) is 24.5. The lowest BCUT2D eigenvalue weighted by molar-refractivity contribution is -0.135. The van der Waals surface area contributed by atoms with E-state index in [9.17, 15) is 9.59 Å². The Hall–Kier alpha value is -1.06. The molecule has 16 heavy (non-hydrogen) atoms. The standard InChI is InChI=1S/C12H24N2O2/c1-5-6-7-8-12(16)14(4)9-11(15)13-10(2)3/h10H,5-9H2,1-4H3,(H,13,15). The maximum absolute atomic E-state index is 11.6. The summed E-state index contributed by atoms with van der Waals surface area (Å²) in [5.41, 5.74) is 0. The molecule has 0 aromatic heterocycles. The SMILES string of the molecule is CCCCCC(=O)N(C)CC(=O)NC(C)C. The van der Waals surface area contributed by atoms with Crippen molar-refractivity contribution in [1.82, 2.24) is 10.2 Å². The van der Waals surface area contributed by atoms with E-state index in [0.29, 0.717) is 6.42 Å². The lowest BCUT2D eigenvalue weighted by Gasteiger charge is -2.17. The highest BCUT2D eigenvalue weighted by molar-refractivity contribution is 5.84. The minimum Gasteiger partial charge on any atom is -0.352 e. The number of nitrogens with one attached hydrogen (secondary N) is 1. The van der Waals surface area contributed by atoms with E-state index in [1.807, 2.05) is 13.8 Å². The zero-order valence-electron chi connectivity index (χ0n) is 10.9. The van der Waals surface area contributed by atoms with E-state index in [4.69, 9.17) is 0 Å². The van der Waals surface area contributed by atoms with Crippen molar-refractivity contribution in [1.29, 1.82) is 0 Å². The second-order valence-electron chi connectivity index (χ2n) is 4.43. The number of carbonyl (C=O) groups is 2. The van der Waals surface area contributed by atoms with E-state index in [1.54, 1.807) is 7.05 Å². The van der Waals surface area contributed by atoms with Gasteiger partial charge in [-0.15, -0.1) is 0 Å². The fraction of sp³-hybridized carbons (Fsp3) is 0.833. The van der Waals surface area contributed by atoms with Gasteiger partial charge in [-0.3, -0.25) is 9.59 Å². The first-order valence-electron chi connectivity index (χ1n) is 6.00. The fourth-order valence-electron chi connectivity index (χ4n) is 1.39. The summed E-state index contributed by atoms with van der Waals surface area (Å²) in [5.74, 6) is -0.0475. The van der Waals surface area contributed by atoms with Crippen LogP contribution in [0.3, 0.4) is 0 Å². The number of amides is 2. The second-order valence-corrected chi connectivity index (χ2v) is 4.43. The third-order valence-corrected chi connectivity index (χ3v) is 2.25. The summed E-state index contributed by atoms with van der Waals surface area (Å²) >= 11 is 0. The van der Waals surface area contributed by atoms with Crippen LogP contribution in [0.4, 0.5) is 0 Å². The third-order valence-electron chi connectivity index (χ3n) is 2.25. The minimum atomic E-state index is -0.0960. The Balaban J connectivity index is 3.81. The predicted molar refractivity (Wildman–Crippen MR) is 65.1 cm³/mol. The molecule has 94 valence electrons. The summed E-state index contributed by atoms with van der Waals surface area (Å²) in [7, 11) is 1.67. The summed E-state index contributed by atoms with van der Waals surface area (Å²) in [6, 6.07) is 0.121. The fourth-order valence-corrected chi connectivity index (χ4v) is 1.39. The monoisotopic (exact) mass is 228 g/mol. The van der Waals surface area contributed by atoms with Crippen LogP contribution in [0.15, 0.2) is 0 Å². The van der Waals surface area contributed by atoms with Gasteiger partial charge >= 0.3 is 0 Å². The predicted octanol–water partition coefficient (Wildman–Crippen LogP) is 1.55. The number of hydrogen-bond acceptors (Lipinski definition) is 2. The van der Waals surface area contributed by atoms with Crippen LogP contribution in [0.1, 0.15) is 46.5 Å². The maximum atomic E-state index is 11.6. The van der Waals surface area contributed by atoms with Gasteiger partial charge in [0.1, 0.15) is 0 Å². The highest BCUT2D eigenvalue weighted by Gasteiger charge is 2.12. The number of unbranched alkanes of at least 4 members (excludes halogenated alkanes) is 2. The van der Waals surface area contributed by atoms with E-state index in [2.05, 4.69) is 12.2 Å². The van der Waals surface area contributed by atoms with E-state index >= 15 is 0 Å². The molecule has 2 amide bonds. The van der Waals surface area contributed by atoms with Gasteiger partial charge in [-0.25, -0.2) is 0 Å². The smallest absolute Gasteiger partial charge is 0.239 e. The van der Waals surface area contributed by atoms with Crippen LogP contribution in [-0.4, -0.2) is 36.3 Å². The van der Waals surface area contributed by atoms with Gasteiger partial charge in [-0.2, -0.15) is 0 Å². The average Bonchev–Trinajstić information content (AvgIpc) is 2.16. The quantitative estimate of drug-likeness (QED) is 0.672. The summed E-state index contributed by atoms with van der Waals surface area (Å²) < 4.78 is 0. The molecule has 0 heterocycles. The minimum absolute atomic E-state index is 0.0485. The van der Waals surface area contributed by atoms with Crippen LogP contribution in [0.5, 0.6) is 0 Å². The molecular weight excluding hydrogens is 204 g/mol. The first kappa shape index (κ1) is 14.9. The van der Waals surface area contributed by atoms with Gasteiger partial charge in [0.05, 0.1) is 6.54 Å². The van der Waals surface area contributed by atoms with Crippen LogP contribution in [0, 0.1) is 0 Å². The number of likely N-dealkylation sites (N-methyl/N-ethyl adjacent to an activating group) is 1. The molecule has 4 nitrogen and oxygen atoms in total. The van der Waals surface area contributed by atoms with Crippen LogP contribution < -0.4 is 5.32 Å². The number of carbonyl (C=O) groups excluding carboxylic acids is 2. The molecule has 4 heteroatoms.